The molecule has 2 rings (SSSR count). The Hall–Kier alpha value is -2.26. The lowest BCUT2D eigenvalue weighted by Gasteiger charge is -2.32. The molecule has 1 aromatic rings. The number of hydrogen-bond donors (Lipinski definition) is 2. The third-order valence-corrected chi connectivity index (χ3v) is 3.29. The molecule has 0 spiro atoms. The van der Waals surface area contributed by atoms with Gasteiger partial charge >= 0.3 is 5.97 Å². The smallest absolute Gasteiger partial charge is 0.338 e. The SMILES string of the molecule is CN1CCN(Nc2cc(F)c(C(=O)O)cc2[N+](=O)[O-])CC1. The van der Waals surface area contributed by atoms with Crippen LogP contribution in [0.25, 0.3) is 0 Å². The number of carbonyl (C=O) groups is 1. The van der Waals surface area contributed by atoms with Crippen molar-refractivity contribution in [1.82, 2.24) is 9.91 Å². The molecule has 9 heteroatoms. The van der Waals surface area contributed by atoms with Crippen molar-refractivity contribution in [2.45, 2.75) is 0 Å². The van der Waals surface area contributed by atoms with Crippen LogP contribution in [0.2, 0.25) is 0 Å². The zero-order chi connectivity index (χ0) is 15.6. The first-order valence-corrected chi connectivity index (χ1v) is 6.30. The molecule has 0 unspecified atom stereocenters. The molecule has 1 fully saturated rings. The van der Waals surface area contributed by atoms with E-state index in [0.29, 0.717) is 13.1 Å². The largest absolute Gasteiger partial charge is 0.478 e. The van der Waals surface area contributed by atoms with Crippen molar-refractivity contribution in [3.63, 3.8) is 0 Å². The summed E-state index contributed by atoms with van der Waals surface area (Å²) in [6.45, 7) is 2.79. The van der Waals surface area contributed by atoms with E-state index in [1.54, 1.807) is 5.01 Å². The van der Waals surface area contributed by atoms with Gasteiger partial charge in [0.05, 0.1) is 4.92 Å². The van der Waals surface area contributed by atoms with E-state index in [2.05, 4.69) is 10.3 Å². The molecule has 0 aliphatic carbocycles. The van der Waals surface area contributed by atoms with Gasteiger partial charge in [-0.2, -0.15) is 0 Å². The van der Waals surface area contributed by atoms with Crippen molar-refractivity contribution < 1.29 is 19.2 Å². The molecule has 0 radical (unpaired) electrons. The summed E-state index contributed by atoms with van der Waals surface area (Å²) in [6, 6.07) is 1.58. The van der Waals surface area contributed by atoms with Gasteiger partial charge in [0.2, 0.25) is 0 Å². The van der Waals surface area contributed by atoms with Crippen LogP contribution in [0.3, 0.4) is 0 Å². The average molecular weight is 298 g/mol. The summed E-state index contributed by atoms with van der Waals surface area (Å²) < 4.78 is 13.7. The normalized spacial score (nSPS) is 16.7. The van der Waals surface area contributed by atoms with Gasteiger partial charge in [0.15, 0.2) is 0 Å². The van der Waals surface area contributed by atoms with E-state index < -0.39 is 28.0 Å². The van der Waals surface area contributed by atoms with Crippen molar-refractivity contribution in [3.8, 4) is 0 Å². The lowest BCUT2D eigenvalue weighted by molar-refractivity contribution is -0.384. The quantitative estimate of drug-likeness (QED) is 0.632. The number of likely N-dealkylation sites (N-methyl/N-ethyl adjacent to an activating group) is 1. The standard InChI is InChI=1S/C12H15FN4O4/c1-15-2-4-16(5-3-15)14-10-7-9(13)8(12(18)19)6-11(10)17(20)21/h6-7,14H,2-5H2,1H3,(H,18,19). The predicted molar refractivity (Wildman–Crippen MR) is 72.7 cm³/mol. The topological polar surface area (TPSA) is 99.0 Å². The molecule has 2 N–H and O–H groups in total. The maximum Gasteiger partial charge on any atom is 0.338 e. The summed E-state index contributed by atoms with van der Waals surface area (Å²) in [5, 5.41) is 21.6. The van der Waals surface area contributed by atoms with E-state index in [0.717, 1.165) is 25.2 Å². The Bertz CT molecular complexity index is 573. The molecule has 1 heterocycles. The minimum atomic E-state index is -1.54. The van der Waals surface area contributed by atoms with Crippen LogP contribution in [0.15, 0.2) is 12.1 Å². The molecule has 0 amide bonds. The second kappa shape index (κ2) is 6.02. The Morgan fingerprint density at radius 3 is 2.52 bits per heavy atom. The average Bonchev–Trinajstić information content (AvgIpc) is 2.40. The summed E-state index contributed by atoms with van der Waals surface area (Å²) in [4.78, 5) is 23.2. The Morgan fingerprint density at radius 2 is 2.00 bits per heavy atom. The fourth-order valence-corrected chi connectivity index (χ4v) is 2.05. The molecule has 0 aromatic heterocycles. The first-order chi connectivity index (χ1) is 9.88. The molecule has 21 heavy (non-hydrogen) atoms. The third kappa shape index (κ3) is 3.44. The van der Waals surface area contributed by atoms with E-state index in [9.17, 15) is 19.3 Å². The lowest BCUT2D eigenvalue weighted by atomic mass is 10.1. The van der Waals surface area contributed by atoms with Gasteiger partial charge < -0.3 is 15.4 Å². The van der Waals surface area contributed by atoms with E-state index in [1.165, 1.54) is 0 Å². The zero-order valence-electron chi connectivity index (χ0n) is 11.4. The molecule has 0 saturated carbocycles. The van der Waals surface area contributed by atoms with Crippen molar-refractivity contribution in [2.75, 3.05) is 38.7 Å². The molecule has 0 bridgehead atoms. The van der Waals surface area contributed by atoms with Gasteiger partial charge in [-0.1, -0.05) is 0 Å². The highest BCUT2D eigenvalue weighted by atomic mass is 19.1. The monoisotopic (exact) mass is 298 g/mol. The second-order valence-electron chi connectivity index (χ2n) is 4.81. The molecule has 1 aliphatic heterocycles. The van der Waals surface area contributed by atoms with Crippen LogP contribution in [-0.2, 0) is 0 Å². The molecule has 0 atom stereocenters. The number of anilines is 1. The molecular weight excluding hydrogens is 283 g/mol. The van der Waals surface area contributed by atoms with Crippen molar-refractivity contribution in [3.05, 3.63) is 33.6 Å². The first kappa shape index (κ1) is 15.1. The van der Waals surface area contributed by atoms with E-state index >= 15 is 0 Å². The van der Waals surface area contributed by atoms with Crippen LogP contribution in [0, 0.1) is 15.9 Å². The zero-order valence-corrected chi connectivity index (χ0v) is 11.4. The van der Waals surface area contributed by atoms with Gasteiger partial charge in [-0.3, -0.25) is 10.1 Å². The van der Waals surface area contributed by atoms with Gasteiger partial charge in [0, 0.05) is 38.3 Å². The molecular formula is C12H15FN4O4. The van der Waals surface area contributed by atoms with Crippen LogP contribution in [-0.4, -0.2) is 59.1 Å². The number of halogens is 1. The highest BCUT2D eigenvalue weighted by molar-refractivity contribution is 5.90. The van der Waals surface area contributed by atoms with E-state index in [4.69, 9.17) is 5.11 Å². The van der Waals surface area contributed by atoms with Crippen LogP contribution >= 0.6 is 0 Å². The predicted octanol–water partition coefficient (Wildman–Crippen LogP) is 1.01. The van der Waals surface area contributed by atoms with E-state index in [1.807, 2.05) is 7.05 Å². The Kier molecular flexibility index (Phi) is 4.34. The van der Waals surface area contributed by atoms with Crippen molar-refractivity contribution in [1.29, 1.82) is 0 Å². The summed E-state index contributed by atoms with van der Waals surface area (Å²) in [7, 11) is 1.96. The third-order valence-electron chi connectivity index (χ3n) is 3.29. The number of nitrogens with one attached hydrogen (secondary N) is 1. The number of piperazine rings is 1. The Balaban J connectivity index is 2.27. The molecule has 1 saturated heterocycles. The summed E-state index contributed by atoms with van der Waals surface area (Å²) >= 11 is 0. The number of nitrogens with zero attached hydrogens (tertiary/aromatic N) is 3. The van der Waals surface area contributed by atoms with Gasteiger partial charge in [-0.15, -0.1) is 0 Å². The number of hydrazine groups is 1. The molecule has 1 aromatic carbocycles. The summed E-state index contributed by atoms with van der Waals surface area (Å²) in [5.41, 5.74) is 1.56. The molecule has 8 nitrogen and oxygen atoms in total. The highest BCUT2D eigenvalue weighted by Crippen LogP contribution is 2.28. The minimum absolute atomic E-state index is 0.0490. The number of nitro groups is 1. The summed E-state index contributed by atoms with van der Waals surface area (Å²) in [6.07, 6.45) is 0. The molecule has 114 valence electrons. The number of carboxylic acid groups (broad SMARTS) is 1. The van der Waals surface area contributed by atoms with Gasteiger partial charge in [0.1, 0.15) is 17.1 Å². The van der Waals surface area contributed by atoms with Crippen LogP contribution in [0.4, 0.5) is 15.8 Å². The number of aromatic carboxylic acids is 1. The van der Waals surface area contributed by atoms with Gasteiger partial charge in [0.25, 0.3) is 5.69 Å². The fourth-order valence-electron chi connectivity index (χ4n) is 2.05. The maximum absolute atomic E-state index is 13.7. The molecule has 1 aliphatic rings. The van der Waals surface area contributed by atoms with Gasteiger partial charge in [-0.05, 0) is 7.05 Å². The number of carboxylic acids is 1. The van der Waals surface area contributed by atoms with Gasteiger partial charge in [-0.25, -0.2) is 14.2 Å². The first-order valence-electron chi connectivity index (χ1n) is 6.30. The highest BCUT2D eigenvalue weighted by Gasteiger charge is 2.24. The number of nitro benzene ring substituents is 1. The number of rotatable bonds is 4. The van der Waals surface area contributed by atoms with Crippen molar-refractivity contribution >= 4 is 17.3 Å². The number of hydrogen-bond acceptors (Lipinski definition) is 6. The number of benzene rings is 1. The van der Waals surface area contributed by atoms with Crippen LogP contribution in [0.5, 0.6) is 0 Å². The Labute approximate surface area is 119 Å². The van der Waals surface area contributed by atoms with Crippen LogP contribution in [0.1, 0.15) is 10.4 Å². The maximum atomic E-state index is 13.7. The van der Waals surface area contributed by atoms with Crippen LogP contribution < -0.4 is 5.43 Å². The summed E-state index contributed by atoms with van der Waals surface area (Å²) in [5.74, 6) is -2.55. The van der Waals surface area contributed by atoms with Crippen molar-refractivity contribution in [2.24, 2.45) is 0 Å². The lowest BCUT2D eigenvalue weighted by Crippen LogP contribution is -2.47. The van der Waals surface area contributed by atoms with E-state index in [-0.39, 0.29) is 5.69 Å². The second-order valence-corrected chi connectivity index (χ2v) is 4.81. The fraction of sp³-hybridized carbons (Fsp3) is 0.417. The minimum Gasteiger partial charge on any atom is -0.478 e. The Morgan fingerprint density at radius 1 is 1.38 bits per heavy atom.